The predicted molar refractivity (Wildman–Crippen MR) is 119 cm³/mol. The molecule has 0 amide bonds. The first-order valence-corrected chi connectivity index (χ1v) is 11.7. The number of piperidine rings is 1. The lowest BCUT2D eigenvalue weighted by atomic mass is 10.1. The molecule has 4 rings (SSSR count). The lowest BCUT2D eigenvalue weighted by Crippen LogP contribution is -2.37. The van der Waals surface area contributed by atoms with Gasteiger partial charge in [0.1, 0.15) is 11.9 Å². The topological polar surface area (TPSA) is 58.6 Å². The summed E-state index contributed by atoms with van der Waals surface area (Å²) in [5.74, 6) is 0.763. The first-order valence-electron chi connectivity index (χ1n) is 10.2. The second kappa shape index (κ2) is 9.32. The van der Waals surface area contributed by atoms with Gasteiger partial charge in [0.25, 0.3) is 10.0 Å². The van der Waals surface area contributed by atoms with E-state index < -0.39 is 10.0 Å². The highest BCUT2D eigenvalue weighted by molar-refractivity contribution is 7.92. The third-order valence-corrected chi connectivity index (χ3v) is 6.64. The van der Waals surface area contributed by atoms with Gasteiger partial charge in [-0.2, -0.15) is 0 Å². The Morgan fingerprint density at radius 2 is 1.43 bits per heavy atom. The molecule has 1 N–H and O–H groups in total. The van der Waals surface area contributed by atoms with Gasteiger partial charge in [0.05, 0.1) is 4.90 Å². The van der Waals surface area contributed by atoms with Crippen molar-refractivity contribution in [2.75, 3.05) is 17.8 Å². The summed E-state index contributed by atoms with van der Waals surface area (Å²) < 4.78 is 33.6. The summed E-state index contributed by atoms with van der Waals surface area (Å²) >= 11 is 0. The van der Waals surface area contributed by atoms with E-state index in [0.717, 1.165) is 38.2 Å². The molecule has 3 aromatic rings. The maximum atomic E-state index is 12.4. The van der Waals surface area contributed by atoms with Crippen molar-refractivity contribution in [1.82, 2.24) is 4.90 Å². The van der Waals surface area contributed by atoms with Crippen LogP contribution < -0.4 is 9.46 Å². The molecule has 3 aromatic carbocycles. The number of rotatable bonds is 7. The zero-order chi connectivity index (χ0) is 20.8. The Morgan fingerprint density at radius 3 is 2.07 bits per heavy atom. The Morgan fingerprint density at radius 1 is 0.833 bits per heavy atom. The normalized spacial score (nSPS) is 15.6. The molecule has 0 spiro atoms. The van der Waals surface area contributed by atoms with Gasteiger partial charge in [0.2, 0.25) is 0 Å². The van der Waals surface area contributed by atoms with Crippen molar-refractivity contribution in [2.24, 2.45) is 0 Å². The molecule has 0 unspecified atom stereocenters. The van der Waals surface area contributed by atoms with Gasteiger partial charge in [-0.3, -0.25) is 9.62 Å². The number of nitrogens with zero attached hydrogens (tertiary/aromatic N) is 1. The van der Waals surface area contributed by atoms with E-state index in [0.29, 0.717) is 5.69 Å². The van der Waals surface area contributed by atoms with Crippen LogP contribution in [-0.4, -0.2) is 32.5 Å². The summed E-state index contributed by atoms with van der Waals surface area (Å²) in [5, 5.41) is 0. The predicted octanol–water partition coefficient (Wildman–Crippen LogP) is 4.53. The molecule has 1 fully saturated rings. The summed E-state index contributed by atoms with van der Waals surface area (Å²) in [6.45, 7) is 2.99. The molecular weight excluding hydrogens is 396 g/mol. The number of ether oxygens (including phenoxy) is 1. The lowest BCUT2D eigenvalue weighted by molar-refractivity contribution is 0.0968. The second-order valence-corrected chi connectivity index (χ2v) is 9.20. The van der Waals surface area contributed by atoms with E-state index in [-0.39, 0.29) is 11.0 Å². The first-order chi connectivity index (χ1) is 14.6. The fourth-order valence-electron chi connectivity index (χ4n) is 3.63. The Labute approximate surface area is 178 Å². The summed E-state index contributed by atoms with van der Waals surface area (Å²) in [4.78, 5) is 2.70. The molecule has 0 bridgehead atoms. The number of anilines is 1. The van der Waals surface area contributed by atoms with Gasteiger partial charge < -0.3 is 4.74 Å². The molecule has 1 aliphatic heterocycles. The van der Waals surface area contributed by atoms with Crippen LogP contribution in [0.5, 0.6) is 5.75 Å². The van der Waals surface area contributed by atoms with Crippen molar-refractivity contribution in [3.8, 4) is 5.75 Å². The van der Waals surface area contributed by atoms with Crippen LogP contribution in [0.25, 0.3) is 0 Å². The number of nitrogens with one attached hydrogen (secondary N) is 1. The number of benzene rings is 3. The van der Waals surface area contributed by atoms with Crippen LogP contribution in [0.15, 0.2) is 89.8 Å². The van der Waals surface area contributed by atoms with Crippen molar-refractivity contribution >= 4 is 15.7 Å². The van der Waals surface area contributed by atoms with Gasteiger partial charge in [-0.1, -0.05) is 48.5 Å². The van der Waals surface area contributed by atoms with Crippen molar-refractivity contribution in [3.63, 3.8) is 0 Å². The molecule has 1 heterocycles. The monoisotopic (exact) mass is 422 g/mol. The summed E-state index contributed by atoms with van der Waals surface area (Å²) in [5.41, 5.74) is 1.86. The van der Waals surface area contributed by atoms with E-state index in [9.17, 15) is 8.42 Å². The minimum absolute atomic E-state index is 0.184. The van der Waals surface area contributed by atoms with Gasteiger partial charge in [-0.25, -0.2) is 8.42 Å². The number of hydrogen-bond acceptors (Lipinski definition) is 4. The van der Waals surface area contributed by atoms with Crippen LogP contribution >= 0.6 is 0 Å². The Kier molecular flexibility index (Phi) is 6.35. The Bertz CT molecular complexity index is 1030. The van der Waals surface area contributed by atoms with Crippen LogP contribution in [0.1, 0.15) is 18.4 Å². The minimum atomic E-state index is -3.58. The quantitative estimate of drug-likeness (QED) is 0.608. The maximum Gasteiger partial charge on any atom is 0.261 e. The molecule has 0 atom stereocenters. The number of hydrogen-bond donors (Lipinski definition) is 1. The van der Waals surface area contributed by atoms with Crippen molar-refractivity contribution in [1.29, 1.82) is 0 Å². The fourth-order valence-corrected chi connectivity index (χ4v) is 4.71. The molecule has 5 nitrogen and oxygen atoms in total. The van der Waals surface area contributed by atoms with E-state index in [2.05, 4.69) is 33.9 Å². The third-order valence-electron chi connectivity index (χ3n) is 5.25. The van der Waals surface area contributed by atoms with Crippen LogP contribution in [0.4, 0.5) is 5.69 Å². The van der Waals surface area contributed by atoms with E-state index in [1.165, 1.54) is 5.56 Å². The summed E-state index contributed by atoms with van der Waals surface area (Å²) in [6.07, 6.45) is 2.15. The molecule has 30 heavy (non-hydrogen) atoms. The average molecular weight is 423 g/mol. The standard InChI is InChI=1S/C24H26N2O3S/c27-30(28,24-9-5-2-6-10-24)25-21-11-13-22(14-12-21)29-23-15-17-26(18-16-23)19-20-7-3-1-4-8-20/h1-14,23,25H,15-19H2. The van der Waals surface area contributed by atoms with E-state index >= 15 is 0 Å². The third kappa shape index (κ3) is 5.40. The number of sulfonamides is 1. The maximum absolute atomic E-state index is 12.4. The summed E-state index contributed by atoms with van der Waals surface area (Å²) in [7, 11) is -3.58. The van der Waals surface area contributed by atoms with Crippen LogP contribution in [-0.2, 0) is 16.6 Å². The SMILES string of the molecule is O=S(=O)(Nc1ccc(OC2CCN(Cc3ccccc3)CC2)cc1)c1ccccc1. The van der Waals surface area contributed by atoms with Gasteiger partial charge in [-0.15, -0.1) is 0 Å². The van der Waals surface area contributed by atoms with Crippen LogP contribution in [0, 0.1) is 0 Å². The van der Waals surface area contributed by atoms with Crippen molar-refractivity contribution in [2.45, 2.75) is 30.4 Å². The zero-order valence-corrected chi connectivity index (χ0v) is 17.6. The highest BCUT2D eigenvalue weighted by Gasteiger charge is 2.20. The fraction of sp³-hybridized carbons (Fsp3) is 0.250. The highest BCUT2D eigenvalue weighted by atomic mass is 32.2. The van der Waals surface area contributed by atoms with E-state index in [1.54, 1.807) is 42.5 Å². The minimum Gasteiger partial charge on any atom is -0.490 e. The molecule has 0 saturated carbocycles. The summed E-state index contributed by atoms with van der Waals surface area (Å²) in [6, 6.07) is 26.0. The molecule has 1 saturated heterocycles. The molecule has 156 valence electrons. The highest BCUT2D eigenvalue weighted by Crippen LogP contribution is 2.23. The van der Waals surface area contributed by atoms with Gasteiger partial charge in [0, 0.05) is 25.3 Å². The van der Waals surface area contributed by atoms with Crippen LogP contribution in [0.2, 0.25) is 0 Å². The van der Waals surface area contributed by atoms with Gasteiger partial charge in [-0.05, 0) is 54.8 Å². The van der Waals surface area contributed by atoms with Gasteiger partial charge >= 0.3 is 0 Å². The molecular formula is C24H26N2O3S. The Balaban J connectivity index is 1.28. The number of likely N-dealkylation sites (tertiary alicyclic amines) is 1. The molecule has 0 radical (unpaired) electrons. The van der Waals surface area contributed by atoms with Crippen molar-refractivity contribution in [3.05, 3.63) is 90.5 Å². The lowest BCUT2D eigenvalue weighted by Gasteiger charge is -2.32. The van der Waals surface area contributed by atoms with Gasteiger partial charge in [0.15, 0.2) is 0 Å². The second-order valence-electron chi connectivity index (χ2n) is 7.52. The molecule has 0 aromatic heterocycles. The molecule has 1 aliphatic rings. The Hall–Kier alpha value is -2.83. The van der Waals surface area contributed by atoms with E-state index in [1.807, 2.05) is 18.2 Å². The largest absolute Gasteiger partial charge is 0.490 e. The van der Waals surface area contributed by atoms with Crippen LogP contribution in [0.3, 0.4) is 0 Å². The van der Waals surface area contributed by atoms with E-state index in [4.69, 9.17) is 4.74 Å². The molecule has 6 heteroatoms. The average Bonchev–Trinajstić information content (AvgIpc) is 2.78. The van der Waals surface area contributed by atoms with Crippen molar-refractivity contribution < 1.29 is 13.2 Å². The molecule has 0 aliphatic carbocycles. The zero-order valence-electron chi connectivity index (χ0n) is 16.8. The first kappa shape index (κ1) is 20.4. The smallest absolute Gasteiger partial charge is 0.261 e.